The maximum Gasteiger partial charge on any atom is 0.220 e. The second-order valence-corrected chi connectivity index (χ2v) is 3.84. The first kappa shape index (κ1) is 12.1. The van der Waals surface area contributed by atoms with Crippen LogP contribution in [0.5, 0.6) is 0 Å². The molecule has 1 amide bonds. The first-order valence-corrected chi connectivity index (χ1v) is 4.75. The van der Waals surface area contributed by atoms with E-state index in [-0.39, 0.29) is 25.1 Å². The van der Waals surface area contributed by atoms with E-state index in [1.165, 1.54) is 0 Å². The van der Waals surface area contributed by atoms with Crippen LogP contribution in [0.3, 0.4) is 0 Å². The van der Waals surface area contributed by atoms with Crippen LogP contribution in [0.1, 0.15) is 42.0 Å². The van der Waals surface area contributed by atoms with Crippen LogP contribution in [0.25, 0.3) is 0 Å². The van der Waals surface area contributed by atoms with Gasteiger partial charge in [-0.2, -0.15) is 0 Å². The van der Waals surface area contributed by atoms with Crippen molar-refractivity contribution in [3.8, 4) is 0 Å². The smallest absolute Gasteiger partial charge is 0.220 e. The van der Waals surface area contributed by atoms with Crippen LogP contribution < -0.4 is 5.32 Å². The summed E-state index contributed by atoms with van der Waals surface area (Å²) in [7, 11) is 0. The lowest BCUT2D eigenvalue weighted by molar-refractivity contribution is -0.127. The van der Waals surface area contributed by atoms with Gasteiger partial charge in [0.2, 0.25) is 5.91 Å². The van der Waals surface area contributed by atoms with Gasteiger partial charge in [0.05, 0.1) is 0 Å². The molecule has 3 nitrogen and oxygen atoms in total. The third-order valence-corrected chi connectivity index (χ3v) is 1.69. The number of rotatable bonds is 5. The van der Waals surface area contributed by atoms with Gasteiger partial charge in [-0.25, -0.2) is 0 Å². The first-order valence-electron chi connectivity index (χ1n) is 4.75. The van der Waals surface area contributed by atoms with Gasteiger partial charge >= 0.3 is 0 Å². The fourth-order valence-electron chi connectivity index (χ4n) is 0.920. The molecule has 0 bridgehead atoms. The third kappa shape index (κ3) is 6.31. The largest absolute Gasteiger partial charge is 0.354 e. The summed E-state index contributed by atoms with van der Waals surface area (Å²) >= 11 is 0. The Morgan fingerprint density at radius 2 is 1.69 bits per heavy atom. The van der Waals surface area contributed by atoms with Crippen molar-refractivity contribution >= 4 is 11.7 Å². The van der Waals surface area contributed by atoms with Crippen LogP contribution in [0.15, 0.2) is 0 Å². The third-order valence-electron chi connectivity index (χ3n) is 1.69. The lowest BCUT2D eigenvalue weighted by Gasteiger charge is -2.08. The van der Waals surface area contributed by atoms with Crippen LogP contribution >= 0.6 is 0 Å². The number of amides is 1. The molecule has 1 N–H and O–H groups in total. The second-order valence-electron chi connectivity index (χ2n) is 3.84. The van der Waals surface area contributed by atoms with Crippen LogP contribution in [-0.2, 0) is 9.59 Å². The monoisotopic (exact) mass is 187 g/mol. The molecule has 0 aromatic carbocycles. The van der Waals surface area contributed by atoms with Gasteiger partial charge < -0.3 is 5.32 Å². The molecule has 0 fully saturated rings. The van der Waals surface area contributed by atoms with Gasteiger partial charge in [0, 0.05) is 26.2 Å². The topological polar surface area (TPSA) is 46.2 Å². The van der Waals surface area contributed by atoms with Crippen molar-refractivity contribution in [3.63, 3.8) is 0 Å². The van der Waals surface area contributed by atoms with Crippen molar-refractivity contribution < 1.29 is 11.0 Å². The summed E-state index contributed by atoms with van der Waals surface area (Å²) < 4.78 is 0. The SMILES string of the molecule is CC(C)NC(=O)CCC(=O)C(C)C.[HH]. The molecule has 3 heteroatoms. The Bertz CT molecular complexity index is 191. The summed E-state index contributed by atoms with van der Waals surface area (Å²) in [4.78, 5) is 22.3. The van der Waals surface area contributed by atoms with Gasteiger partial charge in [0.25, 0.3) is 0 Å². The van der Waals surface area contributed by atoms with E-state index in [0.717, 1.165) is 0 Å². The minimum absolute atomic E-state index is 0. The quantitative estimate of drug-likeness (QED) is 0.713. The Morgan fingerprint density at radius 1 is 1.15 bits per heavy atom. The molecule has 78 valence electrons. The van der Waals surface area contributed by atoms with Gasteiger partial charge in [0.1, 0.15) is 5.78 Å². The molecule has 0 aromatic heterocycles. The predicted octanol–water partition coefficient (Wildman–Crippen LogP) is 1.76. The predicted molar refractivity (Wildman–Crippen MR) is 54.5 cm³/mol. The molecule has 0 heterocycles. The first-order chi connectivity index (χ1) is 5.93. The zero-order valence-electron chi connectivity index (χ0n) is 8.89. The molecule has 0 radical (unpaired) electrons. The fourth-order valence-corrected chi connectivity index (χ4v) is 0.920. The molecule has 0 unspecified atom stereocenters. The molecule has 0 saturated carbocycles. The molecule has 13 heavy (non-hydrogen) atoms. The number of Topliss-reactive ketones (excluding diaryl/α,β-unsaturated/α-hetero) is 1. The Kier molecular flexibility index (Phi) is 5.35. The Morgan fingerprint density at radius 3 is 2.08 bits per heavy atom. The van der Waals surface area contributed by atoms with E-state index in [0.29, 0.717) is 12.8 Å². The number of nitrogens with one attached hydrogen (secondary N) is 1. The second kappa shape index (κ2) is 5.73. The zero-order valence-corrected chi connectivity index (χ0v) is 8.89. The van der Waals surface area contributed by atoms with Crippen LogP contribution in [0.2, 0.25) is 0 Å². The van der Waals surface area contributed by atoms with Crippen molar-refractivity contribution in [2.75, 3.05) is 0 Å². The molecule has 0 rings (SSSR count). The van der Waals surface area contributed by atoms with Crippen LogP contribution in [-0.4, -0.2) is 17.7 Å². The molecule has 0 saturated heterocycles. The molecule has 0 aliphatic rings. The number of hydrogen-bond acceptors (Lipinski definition) is 2. The van der Waals surface area contributed by atoms with E-state index in [4.69, 9.17) is 0 Å². The van der Waals surface area contributed by atoms with E-state index < -0.39 is 0 Å². The van der Waals surface area contributed by atoms with E-state index >= 15 is 0 Å². The fraction of sp³-hybridized carbons (Fsp3) is 0.800. The summed E-state index contributed by atoms with van der Waals surface area (Å²) in [6, 6.07) is 0.154. The molecule has 0 aromatic rings. The van der Waals surface area contributed by atoms with Gasteiger partial charge in [0.15, 0.2) is 0 Å². The van der Waals surface area contributed by atoms with Crippen molar-refractivity contribution in [2.45, 2.75) is 46.6 Å². The van der Waals surface area contributed by atoms with Crippen molar-refractivity contribution in [3.05, 3.63) is 0 Å². The van der Waals surface area contributed by atoms with E-state index in [2.05, 4.69) is 5.32 Å². The lowest BCUT2D eigenvalue weighted by atomic mass is 10.0. The van der Waals surface area contributed by atoms with Crippen molar-refractivity contribution in [1.29, 1.82) is 0 Å². The molecular weight excluding hydrogens is 166 g/mol. The Balaban J connectivity index is 0. The average molecular weight is 187 g/mol. The molecular formula is C10H21NO2. The molecule has 0 aliphatic carbocycles. The van der Waals surface area contributed by atoms with Gasteiger partial charge in [-0.15, -0.1) is 0 Å². The van der Waals surface area contributed by atoms with Crippen molar-refractivity contribution in [1.82, 2.24) is 5.32 Å². The van der Waals surface area contributed by atoms with Crippen LogP contribution in [0, 0.1) is 5.92 Å². The molecule has 0 spiro atoms. The Hall–Kier alpha value is -0.860. The standard InChI is InChI=1S/C10H19NO2.H2/c1-7(2)9(12)5-6-10(13)11-8(3)4;/h7-8H,5-6H2,1-4H3,(H,11,13);1H. The van der Waals surface area contributed by atoms with Crippen LogP contribution in [0.4, 0.5) is 0 Å². The van der Waals surface area contributed by atoms with E-state index in [1.54, 1.807) is 0 Å². The van der Waals surface area contributed by atoms with Gasteiger partial charge in [-0.1, -0.05) is 13.8 Å². The summed E-state index contributed by atoms with van der Waals surface area (Å²) in [5.74, 6) is 0.148. The highest BCUT2D eigenvalue weighted by molar-refractivity contribution is 5.85. The van der Waals surface area contributed by atoms with E-state index in [9.17, 15) is 9.59 Å². The minimum Gasteiger partial charge on any atom is -0.354 e. The molecule has 0 aliphatic heterocycles. The maximum absolute atomic E-state index is 11.2. The zero-order chi connectivity index (χ0) is 10.4. The summed E-state index contributed by atoms with van der Waals surface area (Å²) in [6.07, 6.45) is 0.672. The summed E-state index contributed by atoms with van der Waals surface area (Å²) in [5, 5.41) is 2.75. The number of carbonyl (C=O) groups is 2. The highest BCUT2D eigenvalue weighted by Gasteiger charge is 2.10. The highest BCUT2D eigenvalue weighted by Crippen LogP contribution is 2.01. The van der Waals surface area contributed by atoms with Gasteiger partial charge in [-0.3, -0.25) is 9.59 Å². The van der Waals surface area contributed by atoms with E-state index in [1.807, 2.05) is 27.7 Å². The molecule has 0 atom stereocenters. The average Bonchev–Trinajstić information content (AvgIpc) is 1.98. The normalized spacial score (nSPS) is 10.6. The van der Waals surface area contributed by atoms with Gasteiger partial charge in [-0.05, 0) is 13.8 Å². The highest BCUT2D eigenvalue weighted by atomic mass is 16.2. The lowest BCUT2D eigenvalue weighted by Crippen LogP contribution is -2.30. The summed E-state index contributed by atoms with van der Waals surface area (Å²) in [6.45, 7) is 7.51. The maximum atomic E-state index is 11.2. The van der Waals surface area contributed by atoms with Crippen molar-refractivity contribution in [2.24, 2.45) is 5.92 Å². The number of carbonyl (C=O) groups excluding carboxylic acids is 2. The number of hydrogen-bond donors (Lipinski definition) is 1. The minimum atomic E-state index is -0.0380. The summed E-state index contributed by atoms with van der Waals surface area (Å²) in [5.41, 5.74) is 0. The number of ketones is 1. The Labute approximate surface area is 81.4 Å².